The fourth-order valence-electron chi connectivity index (χ4n) is 2.59. The number of benzene rings is 1. The summed E-state index contributed by atoms with van der Waals surface area (Å²) in [5.74, 6) is 0.255. The lowest BCUT2D eigenvalue weighted by molar-refractivity contribution is -0.132. The first-order valence-corrected chi connectivity index (χ1v) is 7.27. The molecule has 0 spiro atoms. The Morgan fingerprint density at radius 2 is 1.89 bits per heavy atom. The van der Waals surface area contributed by atoms with E-state index in [9.17, 15) is 4.79 Å². The molecule has 0 aromatic heterocycles. The smallest absolute Gasteiger partial charge is 0.222 e. The molecule has 2 rings (SSSR count). The van der Waals surface area contributed by atoms with Gasteiger partial charge in [-0.25, -0.2) is 0 Å². The van der Waals surface area contributed by atoms with E-state index in [0.717, 1.165) is 31.2 Å². The van der Waals surface area contributed by atoms with Crippen molar-refractivity contribution in [2.75, 3.05) is 26.2 Å². The van der Waals surface area contributed by atoms with Crippen molar-refractivity contribution in [1.29, 1.82) is 0 Å². The minimum Gasteiger partial charge on any atom is -0.340 e. The van der Waals surface area contributed by atoms with Crippen LogP contribution in [0.4, 0.5) is 0 Å². The minimum absolute atomic E-state index is 0.255. The highest BCUT2D eigenvalue weighted by Crippen LogP contribution is 2.27. The fourth-order valence-corrected chi connectivity index (χ4v) is 2.89. The summed E-state index contributed by atoms with van der Waals surface area (Å²) in [5.41, 5.74) is 1.17. The number of rotatable bonds is 3. The number of hydrogen-bond acceptors (Lipinski definition) is 2. The van der Waals surface area contributed by atoms with Gasteiger partial charge in [0.25, 0.3) is 0 Å². The molecular weight excluding hydrogens is 260 g/mol. The van der Waals surface area contributed by atoms with E-state index in [-0.39, 0.29) is 5.91 Å². The Balaban J connectivity index is 1.98. The van der Waals surface area contributed by atoms with Crippen molar-refractivity contribution in [3.63, 3.8) is 0 Å². The van der Waals surface area contributed by atoms with Crippen molar-refractivity contribution in [2.24, 2.45) is 0 Å². The van der Waals surface area contributed by atoms with Crippen LogP contribution in [0.15, 0.2) is 24.3 Å². The van der Waals surface area contributed by atoms with Crippen LogP contribution in [0.3, 0.4) is 0 Å². The Morgan fingerprint density at radius 1 is 1.26 bits per heavy atom. The third-order valence-corrected chi connectivity index (χ3v) is 4.22. The van der Waals surface area contributed by atoms with Crippen molar-refractivity contribution < 1.29 is 4.79 Å². The average molecular weight is 281 g/mol. The van der Waals surface area contributed by atoms with Crippen LogP contribution >= 0.6 is 11.6 Å². The average Bonchev–Trinajstić information content (AvgIpc) is 2.46. The van der Waals surface area contributed by atoms with E-state index in [1.54, 1.807) is 0 Å². The number of piperazine rings is 1. The predicted octanol–water partition coefficient (Wildman–Crippen LogP) is 2.96. The Kier molecular flexibility index (Phi) is 4.83. The van der Waals surface area contributed by atoms with Gasteiger partial charge in [-0.1, -0.05) is 36.7 Å². The van der Waals surface area contributed by atoms with Crippen molar-refractivity contribution in [1.82, 2.24) is 9.80 Å². The Labute approximate surface area is 120 Å². The van der Waals surface area contributed by atoms with E-state index < -0.39 is 0 Å². The van der Waals surface area contributed by atoms with Gasteiger partial charge in [-0.05, 0) is 18.6 Å². The maximum Gasteiger partial charge on any atom is 0.222 e. The molecule has 19 heavy (non-hydrogen) atoms. The van der Waals surface area contributed by atoms with Crippen molar-refractivity contribution in [2.45, 2.75) is 26.3 Å². The second kappa shape index (κ2) is 6.40. The van der Waals surface area contributed by atoms with E-state index in [1.807, 2.05) is 30.0 Å². The van der Waals surface area contributed by atoms with Crippen molar-refractivity contribution in [3.05, 3.63) is 34.9 Å². The second-order valence-electron chi connectivity index (χ2n) is 4.97. The maximum absolute atomic E-state index is 11.7. The van der Waals surface area contributed by atoms with Crippen LogP contribution in [-0.2, 0) is 4.79 Å². The number of hydrogen-bond donors (Lipinski definition) is 0. The summed E-state index contributed by atoms with van der Waals surface area (Å²) < 4.78 is 0. The van der Waals surface area contributed by atoms with E-state index in [1.165, 1.54) is 5.56 Å². The van der Waals surface area contributed by atoms with E-state index in [2.05, 4.69) is 17.9 Å². The largest absolute Gasteiger partial charge is 0.340 e. The van der Waals surface area contributed by atoms with Crippen molar-refractivity contribution in [3.8, 4) is 0 Å². The van der Waals surface area contributed by atoms with Crippen LogP contribution in [0.1, 0.15) is 31.9 Å². The molecule has 1 heterocycles. The number of carbonyl (C=O) groups is 1. The van der Waals surface area contributed by atoms with Gasteiger partial charge in [0, 0.05) is 43.7 Å². The summed E-state index contributed by atoms with van der Waals surface area (Å²) in [6.07, 6.45) is 0.597. The quantitative estimate of drug-likeness (QED) is 0.850. The molecule has 1 aliphatic rings. The molecule has 0 N–H and O–H groups in total. The molecule has 1 aromatic carbocycles. The maximum atomic E-state index is 11.7. The van der Waals surface area contributed by atoms with Crippen LogP contribution in [0.25, 0.3) is 0 Å². The summed E-state index contributed by atoms with van der Waals surface area (Å²) in [6, 6.07) is 8.29. The summed E-state index contributed by atoms with van der Waals surface area (Å²) in [5, 5.41) is 0.821. The molecule has 0 bridgehead atoms. The van der Waals surface area contributed by atoms with Gasteiger partial charge in [-0.2, -0.15) is 0 Å². The van der Waals surface area contributed by atoms with Crippen molar-refractivity contribution >= 4 is 17.5 Å². The number of halogens is 1. The SMILES string of the molecule is CCC(=O)N1CCN(C(C)c2ccccc2Cl)CC1. The fraction of sp³-hybridized carbons (Fsp3) is 0.533. The third-order valence-electron chi connectivity index (χ3n) is 3.87. The zero-order valence-corrected chi connectivity index (χ0v) is 12.4. The van der Waals surface area contributed by atoms with E-state index >= 15 is 0 Å². The summed E-state index contributed by atoms with van der Waals surface area (Å²) in [6.45, 7) is 7.57. The molecule has 1 aliphatic heterocycles. The number of carbonyl (C=O) groups excluding carboxylic acids is 1. The van der Waals surface area contributed by atoms with Gasteiger partial charge in [-0.15, -0.1) is 0 Å². The molecule has 1 amide bonds. The van der Waals surface area contributed by atoms with E-state index in [0.29, 0.717) is 12.5 Å². The lowest BCUT2D eigenvalue weighted by Gasteiger charge is -2.38. The summed E-state index contributed by atoms with van der Waals surface area (Å²) in [7, 11) is 0. The molecule has 1 saturated heterocycles. The first-order valence-electron chi connectivity index (χ1n) is 6.89. The lowest BCUT2D eigenvalue weighted by Crippen LogP contribution is -2.49. The van der Waals surface area contributed by atoms with Crippen LogP contribution in [-0.4, -0.2) is 41.9 Å². The molecule has 3 nitrogen and oxygen atoms in total. The van der Waals surface area contributed by atoms with Crippen LogP contribution in [0, 0.1) is 0 Å². The highest BCUT2D eigenvalue weighted by Gasteiger charge is 2.24. The van der Waals surface area contributed by atoms with Gasteiger partial charge < -0.3 is 4.90 Å². The van der Waals surface area contributed by atoms with Gasteiger partial charge in [0.2, 0.25) is 5.91 Å². The molecule has 0 radical (unpaired) electrons. The molecule has 1 atom stereocenters. The lowest BCUT2D eigenvalue weighted by atomic mass is 10.1. The standard InChI is InChI=1S/C15H21ClN2O/c1-3-15(19)18-10-8-17(9-11-18)12(2)13-6-4-5-7-14(13)16/h4-7,12H,3,8-11H2,1-2H3. The Bertz CT molecular complexity index is 442. The van der Waals surface area contributed by atoms with Gasteiger partial charge in [0.1, 0.15) is 0 Å². The molecule has 4 heteroatoms. The Morgan fingerprint density at radius 3 is 2.47 bits per heavy atom. The summed E-state index contributed by atoms with van der Waals surface area (Å²) >= 11 is 6.25. The topological polar surface area (TPSA) is 23.6 Å². The molecule has 0 saturated carbocycles. The molecule has 1 unspecified atom stereocenters. The third kappa shape index (κ3) is 3.28. The second-order valence-corrected chi connectivity index (χ2v) is 5.37. The first-order chi connectivity index (χ1) is 9.13. The molecule has 0 aliphatic carbocycles. The molecule has 1 fully saturated rings. The van der Waals surface area contributed by atoms with E-state index in [4.69, 9.17) is 11.6 Å². The monoisotopic (exact) mass is 280 g/mol. The molecular formula is C15H21ClN2O. The van der Waals surface area contributed by atoms with Crippen LogP contribution in [0.2, 0.25) is 5.02 Å². The Hall–Kier alpha value is -1.06. The summed E-state index contributed by atoms with van der Waals surface area (Å²) in [4.78, 5) is 16.0. The molecule has 1 aromatic rings. The van der Waals surface area contributed by atoms with Gasteiger partial charge in [-0.3, -0.25) is 9.69 Å². The van der Waals surface area contributed by atoms with Crippen LogP contribution in [0.5, 0.6) is 0 Å². The first kappa shape index (κ1) is 14.4. The van der Waals surface area contributed by atoms with Crippen LogP contribution < -0.4 is 0 Å². The highest BCUT2D eigenvalue weighted by atomic mass is 35.5. The predicted molar refractivity (Wildman–Crippen MR) is 78.3 cm³/mol. The highest BCUT2D eigenvalue weighted by molar-refractivity contribution is 6.31. The number of nitrogens with zero attached hydrogens (tertiary/aromatic N) is 2. The number of amides is 1. The zero-order chi connectivity index (χ0) is 13.8. The molecule has 104 valence electrons. The zero-order valence-electron chi connectivity index (χ0n) is 11.6. The van der Waals surface area contributed by atoms with Gasteiger partial charge >= 0.3 is 0 Å². The van der Waals surface area contributed by atoms with Gasteiger partial charge in [0.15, 0.2) is 0 Å². The normalized spacial score (nSPS) is 18.4. The minimum atomic E-state index is 0.255. The van der Waals surface area contributed by atoms with Gasteiger partial charge in [0.05, 0.1) is 0 Å².